The van der Waals surface area contributed by atoms with Gasteiger partial charge in [0.05, 0.1) is 5.69 Å². The summed E-state index contributed by atoms with van der Waals surface area (Å²) in [5, 5.41) is 20.8. The monoisotopic (exact) mass is 296 g/mol. The number of benzene rings is 1. The summed E-state index contributed by atoms with van der Waals surface area (Å²) in [7, 11) is 0. The molecule has 1 aromatic carbocycles. The van der Waals surface area contributed by atoms with Gasteiger partial charge in [-0.15, -0.1) is 0 Å². The molecule has 3 rings (SSSR count). The topological polar surface area (TPSA) is 113 Å². The fourth-order valence-corrected chi connectivity index (χ4v) is 2.19. The molecular weight excluding hydrogens is 284 g/mol. The summed E-state index contributed by atoms with van der Waals surface area (Å²) in [6, 6.07) is 10.1. The van der Waals surface area contributed by atoms with Gasteiger partial charge in [0, 0.05) is 23.5 Å². The Kier molecular flexibility index (Phi) is 3.23. The van der Waals surface area contributed by atoms with Gasteiger partial charge in [-0.1, -0.05) is 29.4 Å². The number of nitrogens with two attached hydrogens (primary N) is 1. The first-order valence-electron chi connectivity index (χ1n) is 6.39. The van der Waals surface area contributed by atoms with Crippen molar-refractivity contribution in [1.82, 2.24) is 9.38 Å². The maximum absolute atomic E-state index is 11.2. The van der Waals surface area contributed by atoms with E-state index in [2.05, 4.69) is 10.1 Å². The average Bonchev–Trinajstić information content (AvgIpc) is 2.98. The molecule has 110 valence electrons. The first-order chi connectivity index (χ1) is 10.6. The summed E-state index contributed by atoms with van der Waals surface area (Å²) in [6.45, 7) is 0. The molecule has 0 spiro atoms. The first kappa shape index (κ1) is 13.6. The summed E-state index contributed by atoms with van der Waals surface area (Å²) >= 11 is 0. The molecule has 0 aliphatic carbocycles. The molecular formula is C15H12N4O3. The van der Waals surface area contributed by atoms with E-state index in [0.29, 0.717) is 16.9 Å². The highest BCUT2D eigenvalue weighted by Gasteiger charge is 2.12. The summed E-state index contributed by atoms with van der Waals surface area (Å²) in [6.07, 6.45) is 3.49. The number of aromatic nitrogens is 2. The van der Waals surface area contributed by atoms with Crippen LogP contribution in [0.5, 0.6) is 0 Å². The predicted octanol–water partition coefficient (Wildman–Crippen LogP) is 1.79. The number of pyridine rings is 1. The third-order valence-electron chi connectivity index (χ3n) is 3.30. The minimum absolute atomic E-state index is 0.0229. The molecule has 0 aliphatic rings. The number of hydrogen-bond acceptors (Lipinski definition) is 4. The zero-order valence-electron chi connectivity index (χ0n) is 11.3. The van der Waals surface area contributed by atoms with Crippen LogP contribution in [0.3, 0.4) is 0 Å². The number of aromatic carboxylic acids is 1. The van der Waals surface area contributed by atoms with Gasteiger partial charge in [-0.25, -0.2) is 9.78 Å². The van der Waals surface area contributed by atoms with Gasteiger partial charge in [0.1, 0.15) is 5.56 Å². The lowest BCUT2D eigenvalue weighted by Gasteiger charge is -2.00. The van der Waals surface area contributed by atoms with Crippen LogP contribution in [0.25, 0.3) is 16.9 Å². The normalized spacial score (nSPS) is 11.7. The maximum Gasteiger partial charge on any atom is 0.339 e. The number of carboxylic acids is 1. The number of nitrogens with zero attached hydrogens (tertiary/aromatic N) is 3. The molecule has 0 saturated carbocycles. The molecule has 0 unspecified atom stereocenters. The van der Waals surface area contributed by atoms with E-state index >= 15 is 0 Å². The number of carboxylic acid groups (broad SMARTS) is 1. The molecule has 7 heteroatoms. The van der Waals surface area contributed by atoms with Gasteiger partial charge in [-0.05, 0) is 12.1 Å². The van der Waals surface area contributed by atoms with Crippen molar-refractivity contribution in [2.24, 2.45) is 10.9 Å². The van der Waals surface area contributed by atoms with E-state index < -0.39 is 5.97 Å². The van der Waals surface area contributed by atoms with Gasteiger partial charge in [0.25, 0.3) is 0 Å². The second kappa shape index (κ2) is 5.21. The van der Waals surface area contributed by atoms with E-state index in [4.69, 9.17) is 10.9 Å². The van der Waals surface area contributed by atoms with E-state index in [-0.39, 0.29) is 11.4 Å². The Labute approximate surface area is 124 Å². The number of oxime groups is 1. The Hall–Kier alpha value is -3.35. The Morgan fingerprint density at radius 3 is 2.59 bits per heavy atom. The molecule has 0 radical (unpaired) electrons. The number of hydrogen-bond donors (Lipinski definition) is 3. The molecule has 0 bridgehead atoms. The minimum Gasteiger partial charge on any atom is -0.478 e. The van der Waals surface area contributed by atoms with Gasteiger partial charge < -0.3 is 20.4 Å². The lowest BCUT2D eigenvalue weighted by atomic mass is 10.1. The second-order valence-electron chi connectivity index (χ2n) is 4.65. The van der Waals surface area contributed by atoms with Crippen LogP contribution in [0.4, 0.5) is 0 Å². The second-order valence-corrected chi connectivity index (χ2v) is 4.65. The maximum atomic E-state index is 11.2. The van der Waals surface area contributed by atoms with Gasteiger partial charge in [0.15, 0.2) is 11.5 Å². The average molecular weight is 296 g/mol. The molecule has 4 N–H and O–H groups in total. The highest BCUT2D eigenvalue weighted by molar-refractivity contribution is 5.97. The number of imidazole rings is 1. The molecule has 22 heavy (non-hydrogen) atoms. The van der Waals surface area contributed by atoms with Crippen molar-refractivity contribution in [3.05, 3.63) is 59.9 Å². The fourth-order valence-electron chi connectivity index (χ4n) is 2.19. The summed E-state index contributed by atoms with van der Waals surface area (Å²) in [5.41, 5.74) is 8.06. The lowest BCUT2D eigenvalue weighted by Crippen LogP contribution is -2.12. The van der Waals surface area contributed by atoms with Crippen LogP contribution >= 0.6 is 0 Å². The quantitative estimate of drug-likeness (QED) is 0.295. The van der Waals surface area contributed by atoms with Crippen molar-refractivity contribution in [2.45, 2.75) is 0 Å². The third kappa shape index (κ3) is 2.24. The summed E-state index contributed by atoms with van der Waals surface area (Å²) < 4.78 is 1.66. The molecule has 2 aromatic heterocycles. The molecule has 0 fully saturated rings. The van der Waals surface area contributed by atoms with Crippen molar-refractivity contribution in [3.8, 4) is 11.3 Å². The van der Waals surface area contributed by atoms with Crippen molar-refractivity contribution in [2.75, 3.05) is 0 Å². The molecule has 0 saturated heterocycles. The van der Waals surface area contributed by atoms with Gasteiger partial charge >= 0.3 is 5.97 Å². The number of fused-ring (bicyclic) bond motifs is 1. The standard InChI is InChI=1S/C15H12N4O3/c16-13(18-22)10-5-3-9(4-6-10)12-8-19-7-1-2-11(15(20)21)14(19)17-12/h1-8,22H,(H2,16,18)(H,20,21). The van der Waals surface area contributed by atoms with Crippen molar-refractivity contribution in [1.29, 1.82) is 0 Å². The molecule has 7 nitrogen and oxygen atoms in total. The van der Waals surface area contributed by atoms with Crippen LogP contribution in [0.15, 0.2) is 53.9 Å². The van der Waals surface area contributed by atoms with E-state index in [9.17, 15) is 9.90 Å². The Morgan fingerprint density at radius 1 is 1.23 bits per heavy atom. The molecule has 0 amide bonds. The highest BCUT2D eigenvalue weighted by Crippen LogP contribution is 2.21. The fraction of sp³-hybridized carbons (Fsp3) is 0. The van der Waals surface area contributed by atoms with Crippen LogP contribution in [-0.4, -0.2) is 31.5 Å². The van der Waals surface area contributed by atoms with Crippen LogP contribution in [0.2, 0.25) is 0 Å². The van der Waals surface area contributed by atoms with Crippen LogP contribution in [-0.2, 0) is 0 Å². The Balaban J connectivity index is 2.07. The number of rotatable bonds is 3. The highest BCUT2D eigenvalue weighted by atomic mass is 16.4. The SMILES string of the molecule is NC(=NO)c1ccc(-c2cn3cccc(C(=O)O)c3n2)cc1. The molecule has 3 aromatic rings. The zero-order chi connectivity index (χ0) is 15.7. The van der Waals surface area contributed by atoms with Crippen molar-refractivity contribution in [3.63, 3.8) is 0 Å². The van der Waals surface area contributed by atoms with Crippen molar-refractivity contribution < 1.29 is 15.1 Å². The predicted molar refractivity (Wildman–Crippen MR) is 80.1 cm³/mol. The third-order valence-corrected chi connectivity index (χ3v) is 3.30. The number of amidine groups is 1. The first-order valence-corrected chi connectivity index (χ1v) is 6.39. The van der Waals surface area contributed by atoms with Gasteiger partial charge in [-0.3, -0.25) is 0 Å². The smallest absolute Gasteiger partial charge is 0.339 e. The zero-order valence-corrected chi connectivity index (χ0v) is 11.3. The van der Waals surface area contributed by atoms with Gasteiger partial charge in [0.2, 0.25) is 0 Å². The summed E-state index contributed by atoms with van der Waals surface area (Å²) in [5.74, 6) is -1.00. The number of carbonyl (C=O) groups is 1. The summed E-state index contributed by atoms with van der Waals surface area (Å²) in [4.78, 5) is 15.6. The Bertz CT molecular complexity index is 881. The van der Waals surface area contributed by atoms with Crippen molar-refractivity contribution >= 4 is 17.5 Å². The Morgan fingerprint density at radius 2 is 1.95 bits per heavy atom. The molecule has 0 atom stereocenters. The van der Waals surface area contributed by atoms with Crippen LogP contribution in [0.1, 0.15) is 15.9 Å². The van der Waals surface area contributed by atoms with Gasteiger partial charge in [-0.2, -0.15) is 0 Å². The lowest BCUT2D eigenvalue weighted by molar-refractivity contribution is 0.0698. The van der Waals surface area contributed by atoms with E-state index in [1.807, 2.05) is 0 Å². The largest absolute Gasteiger partial charge is 0.478 e. The van der Waals surface area contributed by atoms with E-state index in [1.54, 1.807) is 47.1 Å². The minimum atomic E-state index is -1.02. The van der Waals surface area contributed by atoms with Crippen LogP contribution < -0.4 is 5.73 Å². The van der Waals surface area contributed by atoms with E-state index in [1.165, 1.54) is 6.07 Å². The van der Waals surface area contributed by atoms with Crippen LogP contribution in [0, 0.1) is 0 Å². The van der Waals surface area contributed by atoms with E-state index in [0.717, 1.165) is 5.56 Å². The molecule has 2 heterocycles. The molecule has 0 aliphatic heterocycles.